The molecule has 0 aromatic rings. The number of likely N-dealkylation sites (tertiary alicyclic amines) is 1. The van der Waals surface area contributed by atoms with E-state index in [2.05, 4.69) is 5.32 Å². The number of carbonyl (C=O) groups is 2. The molecule has 0 bridgehead atoms. The Balaban J connectivity index is 2.34. The summed E-state index contributed by atoms with van der Waals surface area (Å²) in [5.41, 5.74) is 5.91. The first kappa shape index (κ1) is 17.3. The second-order valence-electron chi connectivity index (χ2n) is 5.65. The summed E-state index contributed by atoms with van der Waals surface area (Å²) in [6, 6.07) is -0.194. The second-order valence-corrected chi connectivity index (χ2v) is 6.64. The van der Waals surface area contributed by atoms with Gasteiger partial charge in [-0.1, -0.05) is 13.8 Å². The number of rotatable bonds is 6. The quantitative estimate of drug-likeness (QED) is 0.762. The van der Waals surface area contributed by atoms with E-state index in [1.165, 1.54) is 0 Å². The Morgan fingerprint density at radius 2 is 1.95 bits per heavy atom. The monoisotopic (exact) mass is 301 g/mol. The minimum Gasteiger partial charge on any atom is -0.353 e. The molecule has 0 aromatic carbocycles. The summed E-state index contributed by atoms with van der Waals surface area (Å²) < 4.78 is 0. The predicted molar refractivity (Wildman–Crippen MR) is 83.6 cm³/mol. The van der Waals surface area contributed by atoms with Gasteiger partial charge in [0.25, 0.3) is 0 Å². The maximum Gasteiger partial charge on any atom is 0.239 e. The number of nitrogens with zero attached hydrogens (tertiary/aromatic N) is 1. The van der Waals surface area contributed by atoms with E-state index in [4.69, 9.17) is 5.73 Å². The molecule has 1 rings (SSSR count). The molecule has 1 saturated heterocycles. The van der Waals surface area contributed by atoms with Crippen molar-refractivity contribution in [3.63, 3.8) is 0 Å². The van der Waals surface area contributed by atoms with Crippen molar-refractivity contribution in [2.45, 2.75) is 45.2 Å². The lowest BCUT2D eigenvalue weighted by molar-refractivity contribution is -0.133. The van der Waals surface area contributed by atoms with Crippen molar-refractivity contribution in [1.29, 1.82) is 0 Å². The van der Waals surface area contributed by atoms with Gasteiger partial charge in [0.15, 0.2) is 0 Å². The predicted octanol–water partition coefficient (Wildman–Crippen LogP) is 0.830. The summed E-state index contributed by atoms with van der Waals surface area (Å²) in [5, 5.41) is 3.03. The van der Waals surface area contributed by atoms with Crippen LogP contribution in [0.25, 0.3) is 0 Å². The summed E-state index contributed by atoms with van der Waals surface area (Å²) in [5.74, 6) is 1.06. The molecule has 1 aliphatic rings. The van der Waals surface area contributed by atoms with Crippen molar-refractivity contribution in [2.24, 2.45) is 11.7 Å². The van der Waals surface area contributed by atoms with Crippen molar-refractivity contribution in [1.82, 2.24) is 10.2 Å². The number of amides is 2. The highest BCUT2D eigenvalue weighted by atomic mass is 32.2. The molecule has 0 aliphatic carbocycles. The van der Waals surface area contributed by atoms with Gasteiger partial charge in [-0.15, -0.1) is 0 Å². The normalized spacial score (nSPS) is 18.1. The Morgan fingerprint density at radius 1 is 1.35 bits per heavy atom. The molecule has 20 heavy (non-hydrogen) atoms. The van der Waals surface area contributed by atoms with Crippen LogP contribution in [0.4, 0.5) is 0 Å². The lowest BCUT2D eigenvalue weighted by atomic mass is 10.0. The van der Waals surface area contributed by atoms with Crippen LogP contribution in [0.5, 0.6) is 0 Å². The number of nitrogens with one attached hydrogen (secondary N) is 1. The van der Waals surface area contributed by atoms with Gasteiger partial charge >= 0.3 is 0 Å². The highest BCUT2D eigenvalue weighted by Crippen LogP contribution is 2.13. The Bertz CT molecular complexity index is 328. The average Bonchev–Trinajstić information content (AvgIpc) is 2.44. The van der Waals surface area contributed by atoms with E-state index in [1.54, 1.807) is 11.8 Å². The molecular weight excluding hydrogens is 274 g/mol. The van der Waals surface area contributed by atoms with Crippen LogP contribution in [0, 0.1) is 5.92 Å². The lowest BCUT2D eigenvalue weighted by Gasteiger charge is -2.34. The molecule has 3 N–H and O–H groups in total. The van der Waals surface area contributed by atoms with Crippen LogP contribution in [0.15, 0.2) is 0 Å². The zero-order valence-corrected chi connectivity index (χ0v) is 13.5. The number of hydrogen-bond acceptors (Lipinski definition) is 4. The van der Waals surface area contributed by atoms with Crippen molar-refractivity contribution in [3.05, 3.63) is 0 Å². The van der Waals surface area contributed by atoms with Crippen LogP contribution in [-0.2, 0) is 9.59 Å². The van der Waals surface area contributed by atoms with E-state index < -0.39 is 0 Å². The molecule has 2 amide bonds. The Hall–Kier alpha value is -0.750. The topological polar surface area (TPSA) is 75.4 Å². The van der Waals surface area contributed by atoms with E-state index in [1.807, 2.05) is 25.0 Å². The largest absolute Gasteiger partial charge is 0.353 e. The van der Waals surface area contributed by atoms with Crippen LogP contribution in [-0.4, -0.2) is 53.9 Å². The van der Waals surface area contributed by atoms with E-state index in [0.29, 0.717) is 13.1 Å². The minimum absolute atomic E-state index is 0.00891. The van der Waals surface area contributed by atoms with Crippen LogP contribution >= 0.6 is 11.8 Å². The third kappa shape index (κ3) is 5.32. The zero-order valence-electron chi connectivity index (χ0n) is 12.7. The number of nitrogens with two attached hydrogens (primary N) is 1. The van der Waals surface area contributed by atoms with Crippen molar-refractivity contribution < 1.29 is 9.59 Å². The smallest absolute Gasteiger partial charge is 0.239 e. The van der Waals surface area contributed by atoms with Gasteiger partial charge in [0.1, 0.15) is 0 Å². The molecule has 6 heteroatoms. The van der Waals surface area contributed by atoms with Crippen LogP contribution < -0.4 is 11.1 Å². The standard InChI is InChI=1S/C14H27N3O2S/c1-10(2)13(18)16-11-4-7-17(8-5-11)14(19)12(15)6-9-20-3/h10-12H,4-9,15H2,1-3H3,(H,16,18)/t12-/m1/s1. The SMILES string of the molecule is CSCC[C@@H](N)C(=O)N1CCC(NC(=O)C(C)C)CC1. The van der Waals surface area contributed by atoms with E-state index in [0.717, 1.165) is 25.0 Å². The summed E-state index contributed by atoms with van der Waals surface area (Å²) in [6.07, 6.45) is 4.38. The van der Waals surface area contributed by atoms with Gasteiger partial charge in [-0.25, -0.2) is 0 Å². The second kappa shape index (κ2) is 8.52. The third-order valence-electron chi connectivity index (χ3n) is 3.63. The molecule has 1 atom stereocenters. The number of hydrogen-bond donors (Lipinski definition) is 2. The fourth-order valence-corrected chi connectivity index (χ4v) is 2.70. The van der Waals surface area contributed by atoms with Gasteiger partial charge in [-0.2, -0.15) is 11.8 Å². The summed E-state index contributed by atoms with van der Waals surface area (Å²) >= 11 is 1.71. The number of thioether (sulfide) groups is 1. The molecular formula is C14H27N3O2S. The van der Waals surface area contributed by atoms with Gasteiger partial charge in [0, 0.05) is 25.0 Å². The Kier molecular flexibility index (Phi) is 7.37. The van der Waals surface area contributed by atoms with Crippen LogP contribution in [0.1, 0.15) is 33.1 Å². The molecule has 1 heterocycles. The van der Waals surface area contributed by atoms with Gasteiger partial charge in [-0.05, 0) is 31.3 Å². The lowest BCUT2D eigenvalue weighted by Crippen LogP contribution is -2.51. The Labute approximate surface area is 126 Å². The van der Waals surface area contributed by atoms with Gasteiger partial charge < -0.3 is 16.0 Å². The maximum absolute atomic E-state index is 12.1. The van der Waals surface area contributed by atoms with Gasteiger partial charge in [0.05, 0.1) is 6.04 Å². The van der Waals surface area contributed by atoms with Crippen molar-refractivity contribution in [2.75, 3.05) is 25.1 Å². The third-order valence-corrected chi connectivity index (χ3v) is 4.27. The highest BCUT2D eigenvalue weighted by molar-refractivity contribution is 7.98. The summed E-state index contributed by atoms with van der Waals surface area (Å²) in [6.45, 7) is 5.15. The van der Waals surface area contributed by atoms with Crippen LogP contribution in [0.2, 0.25) is 0 Å². The van der Waals surface area contributed by atoms with E-state index in [9.17, 15) is 9.59 Å². The molecule has 5 nitrogen and oxygen atoms in total. The first-order valence-electron chi connectivity index (χ1n) is 7.29. The van der Waals surface area contributed by atoms with Crippen molar-refractivity contribution >= 4 is 23.6 Å². The molecule has 0 saturated carbocycles. The molecule has 1 aliphatic heterocycles. The fourth-order valence-electron chi connectivity index (χ4n) is 2.21. The molecule has 116 valence electrons. The number of carbonyl (C=O) groups excluding carboxylic acids is 2. The molecule has 0 aromatic heterocycles. The first-order chi connectivity index (χ1) is 9.45. The van der Waals surface area contributed by atoms with Crippen LogP contribution in [0.3, 0.4) is 0 Å². The molecule has 1 fully saturated rings. The fraction of sp³-hybridized carbons (Fsp3) is 0.857. The average molecular weight is 301 g/mol. The highest BCUT2D eigenvalue weighted by Gasteiger charge is 2.27. The van der Waals surface area contributed by atoms with Gasteiger partial charge in [0.2, 0.25) is 11.8 Å². The summed E-state index contributed by atoms with van der Waals surface area (Å²) in [4.78, 5) is 25.6. The van der Waals surface area contributed by atoms with Crippen molar-refractivity contribution in [3.8, 4) is 0 Å². The minimum atomic E-state index is -0.385. The molecule has 0 spiro atoms. The zero-order chi connectivity index (χ0) is 15.1. The van der Waals surface area contributed by atoms with Gasteiger partial charge in [-0.3, -0.25) is 9.59 Å². The van der Waals surface area contributed by atoms with E-state index in [-0.39, 0.29) is 29.8 Å². The Morgan fingerprint density at radius 3 is 2.45 bits per heavy atom. The first-order valence-corrected chi connectivity index (χ1v) is 8.68. The number of piperidine rings is 1. The molecule has 0 radical (unpaired) electrons. The summed E-state index contributed by atoms with van der Waals surface area (Å²) in [7, 11) is 0. The molecule has 0 unspecified atom stereocenters. The maximum atomic E-state index is 12.1. The van der Waals surface area contributed by atoms with E-state index >= 15 is 0 Å².